The predicted molar refractivity (Wildman–Crippen MR) is 151 cm³/mol. The largest absolute Gasteiger partial charge is 0.444 e. The van der Waals surface area contributed by atoms with Gasteiger partial charge in [0, 0.05) is 25.6 Å². The van der Waals surface area contributed by atoms with Crippen LogP contribution in [0.25, 0.3) is 0 Å². The maximum absolute atomic E-state index is 13.3. The van der Waals surface area contributed by atoms with Crippen molar-refractivity contribution >= 4 is 29.9 Å². The maximum Gasteiger partial charge on any atom is 0.410 e. The third-order valence-electron chi connectivity index (χ3n) is 5.59. The smallest absolute Gasteiger partial charge is 0.410 e. The van der Waals surface area contributed by atoms with Gasteiger partial charge in [-0.15, -0.1) is 0 Å². The average molecular weight is 581 g/mol. The highest BCUT2D eigenvalue weighted by Gasteiger charge is 2.39. The fourth-order valence-electron chi connectivity index (χ4n) is 3.93. The lowest BCUT2D eigenvalue weighted by molar-refractivity contribution is -0.143. The molecule has 3 atom stereocenters. The molecule has 2 rings (SSSR count). The number of rotatable bonds is 6. The van der Waals surface area contributed by atoms with Crippen molar-refractivity contribution in [1.29, 1.82) is 5.26 Å². The molecule has 13 nitrogen and oxygen atoms in total. The Labute approximate surface area is 243 Å². The second-order valence-corrected chi connectivity index (χ2v) is 12.8. The van der Waals surface area contributed by atoms with E-state index in [4.69, 9.17) is 9.47 Å². The molecule has 0 spiro atoms. The number of nitrogens with zero attached hydrogens (tertiary/aromatic N) is 3. The molecular weight excluding hydrogens is 532 g/mol. The van der Waals surface area contributed by atoms with Crippen molar-refractivity contribution in [3.8, 4) is 6.07 Å². The number of carbonyl (C=O) groups excluding carboxylic acids is 5. The quantitative estimate of drug-likeness (QED) is 0.429. The minimum atomic E-state index is -1.14. The number of alkyl carbamates (subject to hydrolysis) is 1. The molecule has 5 amide bonds. The van der Waals surface area contributed by atoms with Crippen molar-refractivity contribution in [2.45, 2.75) is 98.4 Å². The van der Waals surface area contributed by atoms with Crippen LogP contribution < -0.4 is 16.0 Å². The molecule has 3 unspecified atom stereocenters. The summed E-state index contributed by atoms with van der Waals surface area (Å²) in [5, 5.41) is 17.3. The predicted octanol–water partition coefficient (Wildman–Crippen LogP) is 2.16. The number of ether oxygens (including phenoxy) is 2. The van der Waals surface area contributed by atoms with Crippen LogP contribution in [0, 0.1) is 23.2 Å². The van der Waals surface area contributed by atoms with Crippen molar-refractivity contribution in [3.05, 3.63) is 0 Å². The Morgan fingerprint density at radius 2 is 1.63 bits per heavy atom. The summed E-state index contributed by atoms with van der Waals surface area (Å²) < 4.78 is 10.6. The number of nitriles is 1. The summed E-state index contributed by atoms with van der Waals surface area (Å²) in [6.45, 7) is 16.7. The van der Waals surface area contributed by atoms with Crippen molar-refractivity contribution in [2.75, 3.05) is 32.7 Å². The Hall–Kier alpha value is -3.56. The molecule has 0 aromatic rings. The first-order valence-electron chi connectivity index (χ1n) is 14.0. The van der Waals surface area contributed by atoms with E-state index in [9.17, 15) is 29.2 Å². The van der Waals surface area contributed by atoms with E-state index in [2.05, 4.69) is 36.7 Å². The van der Waals surface area contributed by atoms with E-state index in [1.165, 1.54) is 9.80 Å². The summed E-state index contributed by atoms with van der Waals surface area (Å²) in [6.07, 6.45) is -0.730. The molecule has 3 N–H and O–H groups in total. The van der Waals surface area contributed by atoms with Gasteiger partial charge >= 0.3 is 12.2 Å². The number of nitrogens with one attached hydrogen (secondary N) is 3. The molecule has 2 fully saturated rings. The van der Waals surface area contributed by atoms with Crippen LogP contribution in [-0.4, -0.2) is 95.7 Å². The van der Waals surface area contributed by atoms with Gasteiger partial charge in [-0.1, -0.05) is 20.8 Å². The summed E-state index contributed by atoms with van der Waals surface area (Å²) in [4.78, 5) is 65.4. The Morgan fingerprint density at radius 1 is 1.05 bits per heavy atom. The average Bonchev–Trinajstić information content (AvgIpc) is 3.23. The van der Waals surface area contributed by atoms with Crippen LogP contribution in [0.4, 0.5) is 9.59 Å². The molecule has 0 aromatic carbocycles. The van der Waals surface area contributed by atoms with Gasteiger partial charge in [0.05, 0.1) is 12.6 Å². The first-order chi connectivity index (χ1) is 18.8. The lowest BCUT2D eigenvalue weighted by Crippen LogP contribution is -2.63. The monoisotopic (exact) mass is 580 g/mol. The topological polar surface area (TPSA) is 170 Å². The number of hydrogen-bond acceptors (Lipinski definition) is 8. The van der Waals surface area contributed by atoms with Crippen LogP contribution in [0.3, 0.4) is 0 Å². The Bertz CT molecular complexity index is 977. The lowest BCUT2D eigenvalue weighted by Gasteiger charge is -2.41. The summed E-state index contributed by atoms with van der Waals surface area (Å²) >= 11 is 0. The second kappa shape index (κ2) is 15.4. The van der Waals surface area contributed by atoms with E-state index in [1.54, 1.807) is 41.5 Å². The van der Waals surface area contributed by atoms with E-state index >= 15 is 0 Å². The van der Waals surface area contributed by atoms with Crippen LogP contribution in [0.2, 0.25) is 0 Å². The first-order valence-corrected chi connectivity index (χ1v) is 14.0. The fraction of sp³-hybridized carbons (Fsp3) is 0.786. The van der Waals surface area contributed by atoms with Crippen LogP contribution in [-0.2, 0) is 23.9 Å². The molecule has 0 aromatic heterocycles. The Balaban J connectivity index is 0.00000196. The molecule has 0 saturated carbocycles. The van der Waals surface area contributed by atoms with Gasteiger partial charge in [-0.2, -0.15) is 5.26 Å². The zero-order chi connectivity index (χ0) is 31.5. The molecule has 41 heavy (non-hydrogen) atoms. The first kappa shape index (κ1) is 35.5. The number of hydrogen-bond donors (Lipinski definition) is 3. The van der Waals surface area contributed by atoms with Gasteiger partial charge in [-0.25, -0.2) is 9.59 Å². The van der Waals surface area contributed by atoms with Crippen LogP contribution in [0.1, 0.15) is 75.2 Å². The van der Waals surface area contributed by atoms with E-state index in [0.717, 1.165) is 5.92 Å². The number of piperazine rings is 1. The minimum absolute atomic E-state index is 0.00835. The molecule has 0 radical (unpaired) electrons. The van der Waals surface area contributed by atoms with Crippen molar-refractivity contribution in [1.82, 2.24) is 25.8 Å². The minimum Gasteiger partial charge on any atom is -0.444 e. The molecule has 0 aliphatic carbocycles. The zero-order valence-electron chi connectivity index (χ0n) is 26.0. The summed E-state index contributed by atoms with van der Waals surface area (Å²) in [5.74, 6) is -0.944. The Morgan fingerprint density at radius 3 is 2.12 bits per heavy atom. The number of carbonyl (C=O) groups is 5. The van der Waals surface area contributed by atoms with Gasteiger partial charge in [0.25, 0.3) is 0 Å². The zero-order valence-corrected chi connectivity index (χ0v) is 26.0. The molecule has 2 aliphatic heterocycles. The van der Waals surface area contributed by atoms with Crippen LogP contribution in [0.15, 0.2) is 0 Å². The van der Waals surface area contributed by atoms with Crippen LogP contribution >= 0.6 is 0 Å². The van der Waals surface area contributed by atoms with Crippen LogP contribution in [0.5, 0.6) is 0 Å². The highest BCUT2D eigenvalue weighted by molar-refractivity contribution is 5.91. The normalized spacial score (nSPS) is 19.7. The van der Waals surface area contributed by atoms with Gasteiger partial charge < -0.3 is 35.2 Å². The highest BCUT2D eigenvalue weighted by atomic mass is 16.6. The second-order valence-electron chi connectivity index (χ2n) is 12.8. The van der Waals surface area contributed by atoms with Gasteiger partial charge in [-0.05, 0) is 60.3 Å². The van der Waals surface area contributed by atoms with Gasteiger partial charge in [0.1, 0.15) is 29.8 Å². The van der Waals surface area contributed by atoms with Crippen molar-refractivity contribution < 1.29 is 33.4 Å². The maximum atomic E-state index is 13.3. The number of amides is 5. The van der Waals surface area contributed by atoms with E-state index in [0.29, 0.717) is 13.0 Å². The van der Waals surface area contributed by atoms with Crippen molar-refractivity contribution in [3.63, 3.8) is 0 Å². The summed E-state index contributed by atoms with van der Waals surface area (Å²) in [6, 6.07) is -0.103. The summed E-state index contributed by atoms with van der Waals surface area (Å²) in [7, 11) is 0. The third-order valence-corrected chi connectivity index (χ3v) is 5.59. The standard InChI is InChI=1S/C24H38N6O7.C4H10/c1-23(2,3)36-21(34)27-13-18(31)30-10-9-29(22(35)37-24(4,5)6)14-17(30)20(33)28-16(12-25)11-15-7-8-26-19(15)32;1-4(2)3/h15-17H,7-11,13-14H2,1-6H3,(H,26,32)(H,27,34)(H,28,33);4H,1-3H3. The molecule has 0 bridgehead atoms. The third kappa shape index (κ3) is 13.6. The Kier molecular flexibility index (Phi) is 13.4. The molecule has 13 heteroatoms. The van der Waals surface area contributed by atoms with E-state index in [1.807, 2.05) is 6.07 Å². The lowest BCUT2D eigenvalue weighted by atomic mass is 9.98. The van der Waals surface area contributed by atoms with Gasteiger partial charge in [0.2, 0.25) is 17.7 Å². The SMILES string of the molecule is CC(C)(C)OC(=O)NCC(=O)N1CCN(C(=O)OC(C)(C)C)CC1C(=O)NC(C#N)CC1CCNC1=O.CC(C)C. The van der Waals surface area contributed by atoms with E-state index in [-0.39, 0.29) is 32.0 Å². The summed E-state index contributed by atoms with van der Waals surface area (Å²) in [5.41, 5.74) is -1.51. The van der Waals surface area contributed by atoms with Gasteiger partial charge in [-0.3, -0.25) is 14.4 Å². The van der Waals surface area contributed by atoms with E-state index < -0.39 is 59.7 Å². The van der Waals surface area contributed by atoms with Crippen molar-refractivity contribution in [2.24, 2.45) is 11.8 Å². The molecule has 2 heterocycles. The molecular formula is C28H48N6O7. The highest BCUT2D eigenvalue weighted by Crippen LogP contribution is 2.18. The molecule has 2 aliphatic rings. The molecule has 2 saturated heterocycles. The molecule has 232 valence electrons. The van der Waals surface area contributed by atoms with Gasteiger partial charge in [0.15, 0.2) is 0 Å². The fourth-order valence-corrected chi connectivity index (χ4v) is 3.93.